The SMILES string of the molecule is CCOc1ccc(C(=O)CCC(=O)N(C)CC(=O)Nc2ccc(N3CCOCC3)cc2)cc1. The lowest BCUT2D eigenvalue weighted by Crippen LogP contribution is -2.36. The van der Waals surface area contributed by atoms with Crippen molar-refractivity contribution < 1.29 is 23.9 Å². The van der Waals surface area contributed by atoms with E-state index in [0.29, 0.717) is 36.8 Å². The monoisotopic (exact) mass is 453 g/mol. The van der Waals surface area contributed by atoms with E-state index in [1.54, 1.807) is 31.3 Å². The summed E-state index contributed by atoms with van der Waals surface area (Å²) in [5.41, 5.74) is 2.29. The molecule has 0 radical (unpaired) electrons. The number of hydrogen-bond acceptors (Lipinski definition) is 6. The Bertz CT molecular complexity index is 938. The highest BCUT2D eigenvalue weighted by Gasteiger charge is 2.16. The molecule has 33 heavy (non-hydrogen) atoms. The van der Waals surface area contributed by atoms with E-state index < -0.39 is 0 Å². The molecule has 2 amide bonds. The van der Waals surface area contributed by atoms with Crippen LogP contribution in [0.4, 0.5) is 11.4 Å². The molecular weight excluding hydrogens is 422 g/mol. The Labute approximate surface area is 194 Å². The number of benzene rings is 2. The van der Waals surface area contributed by atoms with Gasteiger partial charge in [0.1, 0.15) is 5.75 Å². The van der Waals surface area contributed by atoms with Crippen molar-refractivity contribution in [1.29, 1.82) is 0 Å². The molecule has 1 heterocycles. The van der Waals surface area contributed by atoms with Crippen LogP contribution < -0.4 is 15.0 Å². The third-order valence-electron chi connectivity index (χ3n) is 5.39. The lowest BCUT2D eigenvalue weighted by atomic mass is 10.1. The molecule has 8 nitrogen and oxygen atoms in total. The number of ether oxygens (including phenoxy) is 2. The number of rotatable bonds is 10. The zero-order valence-corrected chi connectivity index (χ0v) is 19.2. The highest BCUT2D eigenvalue weighted by atomic mass is 16.5. The maximum absolute atomic E-state index is 12.4. The third kappa shape index (κ3) is 7.32. The van der Waals surface area contributed by atoms with Crippen LogP contribution in [-0.4, -0.2) is 69.0 Å². The van der Waals surface area contributed by atoms with Gasteiger partial charge in [-0.1, -0.05) is 0 Å². The molecule has 0 bridgehead atoms. The van der Waals surface area contributed by atoms with Crippen molar-refractivity contribution in [1.82, 2.24) is 4.90 Å². The molecule has 0 aliphatic carbocycles. The number of nitrogens with one attached hydrogen (secondary N) is 1. The van der Waals surface area contributed by atoms with Gasteiger partial charge in [0.05, 0.1) is 26.4 Å². The van der Waals surface area contributed by atoms with Gasteiger partial charge in [-0.15, -0.1) is 0 Å². The van der Waals surface area contributed by atoms with Crippen molar-refractivity contribution in [2.24, 2.45) is 0 Å². The normalized spacial score (nSPS) is 13.3. The van der Waals surface area contributed by atoms with Crippen LogP contribution in [0.25, 0.3) is 0 Å². The Morgan fingerprint density at radius 1 is 1.00 bits per heavy atom. The van der Waals surface area contributed by atoms with Gasteiger partial charge in [0.25, 0.3) is 0 Å². The number of hydrogen-bond donors (Lipinski definition) is 1. The molecule has 0 atom stereocenters. The average Bonchev–Trinajstić information content (AvgIpc) is 2.84. The average molecular weight is 454 g/mol. The van der Waals surface area contributed by atoms with Gasteiger partial charge in [-0.25, -0.2) is 0 Å². The van der Waals surface area contributed by atoms with Crippen molar-refractivity contribution in [3.63, 3.8) is 0 Å². The minimum Gasteiger partial charge on any atom is -0.494 e. The summed E-state index contributed by atoms with van der Waals surface area (Å²) in [6.45, 7) is 5.49. The Hall–Kier alpha value is -3.39. The van der Waals surface area contributed by atoms with E-state index in [9.17, 15) is 14.4 Å². The van der Waals surface area contributed by atoms with Crippen LogP contribution in [0.2, 0.25) is 0 Å². The summed E-state index contributed by atoms with van der Waals surface area (Å²) in [4.78, 5) is 40.6. The van der Waals surface area contributed by atoms with Crippen molar-refractivity contribution in [2.45, 2.75) is 19.8 Å². The molecule has 2 aromatic rings. The molecule has 3 rings (SSSR count). The van der Waals surface area contributed by atoms with E-state index in [-0.39, 0.29) is 37.0 Å². The van der Waals surface area contributed by atoms with E-state index in [4.69, 9.17) is 9.47 Å². The molecule has 0 aromatic heterocycles. The van der Waals surface area contributed by atoms with Gasteiger partial charge in [0.15, 0.2) is 5.78 Å². The van der Waals surface area contributed by atoms with Gasteiger partial charge >= 0.3 is 0 Å². The van der Waals surface area contributed by atoms with Gasteiger partial charge in [-0.3, -0.25) is 14.4 Å². The van der Waals surface area contributed by atoms with Crippen LogP contribution in [0, 0.1) is 0 Å². The molecule has 8 heteroatoms. The van der Waals surface area contributed by atoms with E-state index in [2.05, 4.69) is 10.2 Å². The number of likely N-dealkylation sites (N-methyl/N-ethyl adjacent to an activating group) is 1. The summed E-state index contributed by atoms with van der Waals surface area (Å²) in [6.07, 6.45) is 0.131. The maximum atomic E-state index is 12.4. The summed E-state index contributed by atoms with van der Waals surface area (Å²) in [6, 6.07) is 14.5. The number of ketones is 1. The van der Waals surface area contributed by atoms with Crippen molar-refractivity contribution >= 4 is 29.0 Å². The molecule has 176 valence electrons. The number of anilines is 2. The second-order valence-corrected chi connectivity index (χ2v) is 7.82. The molecule has 1 N–H and O–H groups in total. The first-order chi connectivity index (χ1) is 16.0. The molecule has 1 fully saturated rings. The summed E-state index contributed by atoms with van der Waals surface area (Å²) >= 11 is 0. The fraction of sp³-hybridized carbons (Fsp3) is 0.400. The minimum atomic E-state index is -0.289. The van der Waals surface area contributed by atoms with Crippen molar-refractivity contribution in [3.8, 4) is 5.75 Å². The molecule has 0 saturated carbocycles. The van der Waals surface area contributed by atoms with Gasteiger partial charge in [-0.2, -0.15) is 0 Å². The topological polar surface area (TPSA) is 88.2 Å². The standard InChI is InChI=1S/C25H31N3O5/c1-3-33-22-10-4-19(5-11-22)23(29)12-13-25(31)27(2)18-24(30)26-20-6-8-21(9-7-20)28-14-16-32-17-15-28/h4-11H,3,12-18H2,1-2H3,(H,26,30). The molecular formula is C25H31N3O5. The third-order valence-corrected chi connectivity index (χ3v) is 5.39. The lowest BCUT2D eigenvalue weighted by Gasteiger charge is -2.28. The summed E-state index contributed by atoms with van der Waals surface area (Å²) in [5.74, 6) is 0.0335. The van der Waals surface area contributed by atoms with Gasteiger partial charge in [0, 0.05) is 49.9 Å². The first-order valence-electron chi connectivity index (χ1n) is 11.2. The van der Waals surface area contributed by atoms with Crippen LogP contribution in [0.15, 0.2) is 48.5 Å². The van der Waals surface area contributed by atoms with E-state index in [1.165, 1.54) is 4.90 Å². The summed E-state index contributed by atoms with van der Waals surface area (Å²) < 4.78 is 10.7. The number of carbonyl (C=O) groups excluding carboxylic acids is 3. The smallest absolute Gasteiger partial charge is 0.243 e. The first kappa shape index (κ1) is 24.3. The van der Waals surface area contributed by atoms with E-state index in [0.717, 1.165) is 18.8 Å². The lowest BCUT2D eigenvalue weighted by molar-refractivity contribution is -0.133. The van der Waals surface area contributed by atoms with Crippen molar-refractivity contribution in [3.05, 3.63) is 54.1 Å². The number of carbonyl (C=O) groups is 3. The fourth-order valence-corrected chi connectivity index (χ4v) is 3.54. The number of morpholine rings is 1. The van der Waals surface area contributed by atoms with Crippen LogP contribution in [0.3, 0.4) is 0 Å². The van der Waals surface area contributed by atoms with Crippen LogP contribution in [0.1, 0.15) is 30.1 Å². The fourth-order valence-electron chi connectivity index (χ4n) is 3.54. The number of nitrogens with zero attached hydrogens (tertiary/aromatic N) is 2. The maximum Gasteiger partial charge on any atom is 0.243 e. The molecule has 0 spiro atoms. The Kier molecular flexibility index (Phi) is 8.83. The highest BCUT2D eigenvalue weighted by Crippen LogP contribution is 2.19. The zero-order valence-electron chi connectivity index (χ0n) is 19.2. The first-order valence-corrected chi connectivity index (χ1v) is 11.2. The Morgan fingerprint density at radius 3 is 2.30 bits per heavy atom. The molecule has 1 aliphatic heterocycles. The molecule has 1 saturated heterocycles. The molecule has 1 aliphatic rings. The predicted molar refractivity (Wildman–Crippen MR) is 127 cm³/mol. The Balaban J connectivity index is 1.42. The van der Waals surface area contributed by atoms with Crippen LogP contribution in [-0.2, 0) is 14.3 Å². The van der Waals surface area contributed by atoms with Crippen molar-refractivity contribution in [2.75, 3.05) is 56.7 Å². The van der Waals surface area contributed by atoms with E-state index in [1.807, 2.05) is 31.2 Å². The zero-order chi connectivity index (χ0) is 23.6. The minimum absolute atomic E-state index is 0.0457. The number of amides is 2. The van der Waals surface area contributed by atoms with Gasteiger partial charge in [0.2, 0.25) is 11.8 Å². The molecule has 0 unspecified atom stereocenters. The highest BCUT2D eigenvalue weighted by molar-refractivity contribution is 5.99. The second kappa shape index (κ2) is 12.0. The second-order valence-electron chi connectivity index (χ2n) is 7.82. The largest absolute Gasteiger partial charge is 0.494 e. The quantitative estimate of drug-likeness (QED) is 0.557. The van der Waals surface area contributed by atoms with Crippen LogP contribution >= 0.6 is 0 Å². The predicted octanol–water partition coefficient (Wildman–Crippen LogP) is 2.98. The summed E-state index contributed by atoms with van der Waals surface area (Å²) in [7, 11) is 1.56. The van der Waals surface area contributed by atoms with E-state index >= 15 is 0 Å². The van der Waals surface area contributed by atoms with Gasteiger partial charge in [-0.05, 0) is 55.5 Å². The Morgan fingerprint density at radius 2 is 1.67 bits per heavy atom. The summed E-state index contributed by atoms with van der Waals surface area (Å²) in [5, 5.41) is 2.81. The van der Waals surface area contributed by atoms with Gasteiger partial charge < -0.3 is 24.6 Å². The molecule has 2 aromatic carbocycles. The number of Topliss-reactive ketones (excluding diaryl/α,β-unsaturated/α-hetero) is 1. The van der Waals surface area contributed by atoms with Crippen LogP contribution in [0.5, 0.6) is 5.75 Å².